The van der Waals surface area contributed by atoms with E-state index in [2.05, 4.69) is 0 Å². The van der Waals surface area contributed by atoms with Crippen molar-refractivity contribution in [2.24, 2.45) is 0 Å². The molecule has 4 aromatic rings. The van der Waals surface area contributed by atoms with Gasteiger partial charge in [-0.2, -0.15) is 0 Å². The summed E-state index contributed by atoms with van der Waals surface area (Å²) in [5.74, 6) is -2.58. The molecule has 0 bridgehead atoms. The van der Waals surface area contributed by atoms with Gasteiger partial charge in [0.25, 0.3) is 11.8 Å². The number of carbonyl (C=O) groups is 6. The third-order valence-corrected chi connectivity index (χ3v) is 6.98. The number of carbonyl (C=O) groups excluding carboxylic acids is 6. The zero-order valence-corrected chi connectivity index (χ0v) is 24.1. The van der Waals surface area contributed by atoms with Crippen LogP contribution in [0.2, 0.25) is 0 Å². The maximum atomic E-state index is 13.2. The molecule has 0 saturated heterocycles. The van der Waals surface area contributed by atoms with Crippen molar-refractivity contribution >= 4 is 41.0 Å². The van der Waals surface area contributed by atoms with Crippen LogP contribution in [0.4, 0.5) is 5.69 Å². The number of rotatable bonds is 11. The highest BCUT2D eigenvalue weighted by molar-refractivity contribution is 6.34. The molecule has 0 aliphatic carbocycles. The highest BCUT2D eigenvalue weighted by Gasteiger charge is 2.37. The summed E-state index contributed by atoms with van der Waals surface area (Å²) in [5.41, 5.74) is 1.01. The van der Waals surface area contributed by atoms with Crippen molar-refractivity contribution in [3.8, 4) is 11.5 Å². The first-order valence-electron chi connectivity index (χ1n) is 13.5. The first kappa shape index (κ1) is 30.4. The predicted molar refractivity (Wildman–Crippen MR) is 159 cm³/mol. The third kappa shape index (κ3) is 6.47. The molecule has 0 fully saturated rings. The fourth-order valence-corrected chi connectivity index (χ4v) is 4.50. The Morgan fingerprint density at radius 2 is 0.956 bits per heavy atom. The van der Waals surface area contributed by atoms with E-state index < -0.39 is 48.5 Å². The number of hydrogen-bond acceptors (Lipinski definition) is 10. The Morgan fingerprint density at radius 3 is 1.44 bits per heavy atom. The summed E-state index contributed by atoms with van der Waals surface area (Å²) in [4.78, 5) is 77.1. The average molecular weight is 608 g/mol. The molecule has 0 unspecified atom stereocenters. The van der Waals surface area contributed by atoms with E-state index in [9.17, 15) is 28.8 Å². The third-order valence-electron chi connectivity index (χ3n) is 6.98. The second-order valence-corrected chi connectivity index (χ2v) is 9.71. The number of nitrogens with zero attached hydrogens (tertiary/aromatic N) is 1. The van der Waals surface area contributed by atoms with Crippen molar-refractivity contribution in [2.75, 3.05) is 32.3 Å². The first-order valence-corrected chi connectivity index (χ1v) is 13.5. The van der Waals surface area contributed by atoms with Crippen LogP contribution in [-0.2, 0) is 9.47 Å². The van der Waals surface area contributed by atoms with Gasteiger partial charge in [-0.05, 0) is 91.0 Å². The lowest BCUT2D eigenvalue weighted by Gasteiger charge is -2.14. The maximum Gasteiger partial charge on any atom is 0.338 e. The molecule has 4 aromatic carbocycles. The Balaban J connectivity index is 1.20. The monoisotopic (exact) mass is 607 g/mol. The molecule has 2 amide bonds. The van der Waals surface area contributed by atoms with E-state index in [0.29, 0.717) is 22.6 Å². The standard InChI is InChI=1S/C34H25NO10/c1-42-25-12-5-20(6-13-25)29(36)18-44-33(40)22-3-10-24(11-4-22)35-31(38)27-16-9-23(17-28(27)32(35)39)34(41)45-19-30(37)21-7-14-26(43-2)15-8-21/h3-17H,18-19H2,1-2H3. The van der Waals surface area contributed by atoms with Crippen molar-refractivity contribution in [3.63, 3.8) is 0 Å². The number of fused-ring (bicyclic) bond motifs is 1. The molecule has 0 radical (unpaired) electrons. The van der Waals surface area contributed by atoms with Gasteiger partial charge in [0.15, 0.2) is 24.8 Å². The maximum absolute atomic E-state index is 13.2. The fraction of sp³-hybridized carbons (Fsp3) is 0.118. The first-order chi connectivity index (χ1) is 21.7. The summed E-state index contributed by atoms with van der Waals surface area (Å²) < 4.78 is 20.4. The van der Waals surface area contributed by atoms with Gasteiger partial charge >= 0.3 is 11.9 Å². The van der Waals surface area contributed by atoms with Gasteiger partial charge in [-0.25, -0.2) is 14.5 Å². The number of amides is 2. The zero-order valence-electron chi connectivity index (χ0n) is 24.1. The Hall–Kier alpha value is -6.10. The molecule has 0 saturated carbocycles. The van der Waals surface area contributed by atoms with Crippen molar-refractivity contribution in [1.29, 1.82) is 0 Å². The van der Waals surface area contributed by atoms with E-state index >= 15 is 0 Å². The lowest BCUT2D eigenvalue weighted by Crippen LogP contribution is -2.29. The molecule has 1 aliphatic rings. The fourth-order valence-electron chi connectivity index (χ4n) is 4.50. The summed E-state index contributed by atoms with van der Waals surface area (Å²) in [6.07, 6.45) is 0. The predicted octanol–water partition coefficient (Wildman–Crippen LogP) is 4.58. The molecule has 5 rings (SSSR count). The number of anilines is 1. The van der Waals surface area contributed by atoms with Crippen LogP contribution in [0.3, 0.4) is 0 Å². The van der Waals surface area contributed by atoms with Crippen LogP contribution in [0.5, 0.6) is 11.5 Å². The molecule has 0 spiro atoms. The Morgan fingerprint density at radius 1 is 0.533 bits per heavy atom. The van der Waals surface area contributed by atoms with Gasteiger partial charge in [0.1, 0.15) is 11.5 Å². The van der Waals surface area contributed by atoms with Gasteiger partial charge in [-0.3, -0.25) is 19.2 Å². The molecular weight excluding hydrogens is 582 g/mol. The normalized spacial score (nSPS) is 11.9. The molecule has 45 heavy (non-hydrogen) atoms. The van der Waals surface area contributed by atoms with Crippen LogP contribution in [0.1, 0.15) is 62.1 Å². The van der Waals surface area contributed by atoms with Crippen molar-refractivity contribution < 1.29 is 47.7 Å². The lowest BCUT2D eigenvalue weighted by atomic mass is 10.1. The largest absolute Gasteiger partial charge is 0.497 e. The summed E-state index contributed by atoms with van der Waals surface area (Å²) in [7, 11) is 3.00. The number of esters is 2. The summed E-state index contributed by atoms with van der Waals surface area (Å²) in [6, 6.07) is 22.1. The number of Topliss-reactive ketones (excluding diaryl/α,β-unsaturated/α-hetero) is 2. The van der Waals surface area contributed by atoms with Crippen LogP contribution in [-0.4, -0.2) is 62.8 Å². The van der Waals surface area contributed by atoms with E-state index in [4.69, 9.17) is 18.9 Å². The number of ether oxygens (including phenoxy) is 4. The number of ketones is 2. The molecule has 1 heterocycles. The van der Waals surface area contributed by atoms with E-state index in [1.165, 1.54) is 56.7 Å². The number of benzene rings is 4. The lowest BCUT2D eigenvalue weighted by molar-refractivity contribution is 0.0472. The van der Waals surface area contributed by atoms with Crippen LogP contribution < -0.4 is 14.4 Å². The Labute approximate surface area is 256 Å². The van der Waals surface area contributed by atoms with Crippen LogP contribution in [0.25, 0.3) is 0 Å². The number of methoxy groups -OCH3 is 2. The van der Waals surface area contributed by atoms with E-state index in [1.807, 2.05) is 0 Å². The zero-order chi connectivity index (χ0) is 32.1. The van der Waals surface area contributed by atoms with Crippen molar-refractivity contribution in [2.45, 2.75) is 0 Å². The molecule has 0 atom stereocenters. The SMILES string of the molecule is COc1ccc(C(=O)COC(=O)c2ccc(N3C(=O)c4ccc(C(=O)OCC(=O)c5ccc(OC)cc5)cc4C3=O)cc2)cc1. The van der Waals surface area contributed by atoms with Crippen molar-refractivity contribution in [1.82, 2.24) is 0 Å². The van der Waals surface area contributed by atoms with Gasteiger partial charge in [0.2, 0.25) is 0 Å². The van der Waals surface area contributed by atoms with E-state index in [1.54, 1.807) is 48.5 Å². The summed E-state index contributed by atoms with van der Waals surface area (Å²) in [6.45, 7) is -1.00. The second kappa shape index (κ2) is 13.0. The number of hydrogen-bond donors (Lipinski definition) is 0. The summed E-state index contributed by atoms with van der Waals surface area (Å²) in [5, 5.41) is 0. The molecule has 0 aromatic heterocycles. The minimum atomic E-state index is -0.841. The molecule has 0 N–H and O–H groups in total. The molecule has 11 heteroatoms. The topological polar surface area (TPSA) is 143 Å². The Kier molecular flexibility index (Phi) is 8.80. The van der Waals surface area contributed by atoms with Gasteiger partial charge in [0.05, 0.1) is 42.2 Å². The Bertz CT molecular complexity index is 1810. The second-order valence-electron chi connectivity index (χ2n) is 9.71. The average Bonchev–Trinajstić information content (AvgIpc) is 3.34. The highest BCUT2D eigenvalue weighted by atomic mass is 16.5. The highest BCUT2D eigenvalue weighted by Crippen LogP contribution is 2.30. The van der Waals surface area contributed by atoms with E-state index in [0.717, 1.165) is 4.90 Å². The van der Waals surface area contributed by atoms with Gasteiger partial charge < -0.3 is 18.9 Å². The quantitative estimate of drug-likeness (QED) is 0.135. The van der Waals surface area contributed by atoms with Gasteiger partial charge in [-0.15, -0.1) is 0 Å². The van der Waals surface area contributed by atoms with Crippen molar-refractivity contribution in [3.05, 3.63) is 124 Å². The minimum Gasteiger partial charge on any atom is -0.497 e. The number of imide groups is 1. The molecule has 226 valence electrons. The van der Waals surface area contributed by atoms with Crippen LogP contribution >= 0.6 is 0 Å². The molecule has 1 aliphatic heterocycles. The smallest absolute Gasteiger partial charge is 0.338 e. The van der Waals surface area contributed by atoms with Crippen LogP contribution in [0.15, 0.2) is 91.0 Å². The van der Waals surface area contributed by atoms with Gasteiger partial charge in [-0.1, -0.05) is 0 Å². The summed E-state index contributed by atoms with van der Waals surface area (Å²) >= 11 is 0. The minimum absolute atomic E-state index is 0.0124. The molecular formula is C34H25NO10. The van der Waals surface area contributed by atoms with Gasteiger partial charge in [0, 0.05) is 11.1 Å². The van der Waals surface area contributed by atoms with Crippen LogP contribution in [0, 0.1) is 0 Å². The van der Waals surface area contributed by atoms with E-state index in [-0.39, 0.29) is 27.9 Å². The molecule has 11 nitrogen and oxygen atoms in total.